The molecule has 0 radical (unpaired) electrons. The molecule has 116 valence electrons. The zero-order chi connectivity index (χ0) is 15.6. The van der Waals surface area contributed by atoms with Crippen LogP contribution in [-0.2, 0) is 19.5 Å². The Morgan fingerprint density at radius 3 is 2.83 bits per heavy atom. The first-order valence-corrected chi connectivity index (χ1v) is 8.66. The quantitative estimate of drug-likeness (QED) is 0.751. The lowest BCUT2D eigenvalue weighted by Crippen LogP contribution is -2.30. The average Bonchev–Trinajstić information content (AvgIpc) is 3.08. The highest BCUT2D eigenvalue weighted by molar-refractivity contribution is 7.07. The van der Waals surface area contributed by atoms with Gasteiger partial charge in [-0.15, -0.1) is 0 Å². The van der Waals surface area contributed by atoms with E-state index in [1.807, 2.05) is 30.5 Å². The summed E-state index contributed by atoms with van der Waals surface area (Å²) in [6, 6.07) is 9.92. The van der Waals surface area contributed by atoms with Crippen LogP contribution in [0.1, 0.15) is 16.8 Å². The van der Waals surface area contributed by atoms with Crippen LogP contribution in [0.3, 0.4) is 0 Å². The largest absolute Gasteiger partial charge is 0.399 e. The fourth-order valence-corrected chi connectivity index (χ4v) is 3.58. The number of thiophene rings is 1. The summed E-state index contributed by atoms with van der Waals surface area (Å²) >= 11 is 1.75. The Bertz CT molecular complexity index is 796. The Morgan fingerprint density at radius 1 is 1.17 bits per heavy atom. The summed E-state index contributed by atoms with van der Waals surface area (Å²) in [6.45, 7) is 2.97. The van der Waals surface area contributed by atoms with Crippen molar-refractivity contribution in [2.24, 2.45) is 0 Å². The fraction of sp³-hybridized carbons (Fsp3) is 0.222. The van der Waals surface area contributed by atoms with Gasteiger partial charge in [0.1, 0.15) is 0 Å². The van der Waals surface area contributed by atoms with E-state index in [4.69, 9.17) is 10.7 Å². The third kappa shape index (κ3) is 3.11. The normalized spacial score (nSPS) is 14.6. The Kier molecular flexibility index (Phi) is 3.81. The van der Waals surface area contributed by atoms with Crippen molar-refractivity contribution in [3.63, 3.8) is 0 Å². The highest BCUT2D eigenvalue weighted by Crippen LogP contribution is 2.23. The maximum Gasteiger partial charge on any atom is 0.159 e. The summed E-state index contributed by atoms with van der Waals surface area (Å²) in [5, 5.41) is 4.35. The summed E-state index contributed by atoms with van der Waals surface area (Å²) in [7, 11) is 0. The topological polar surface area (TPSA) is 55.0 Å². The molecule has 0 atom stereocenters. The van der Waals surface area contributed by atoms with E-state index in [0.717, 1.165) is 43.1 Å². The average molecular weight is 322 g/mol. The van der Waals surface area contributed by atoms with Crippen LogP contribution in [0.15, 0.2) is 47.3 Å². The van der Waals surface area contributed by atoms with Gasteiger partial charge in [0.25, 0.3) is 0 Å². The molecule has 0 saturated carbocycles. The molecule has 0 saturated heterocycles. The monoisotopic (exact) mass is 322 g/mol. The zero-order valence-corrected chi connectivity index (χ0v) is 13.6. The van der Waals surface area contributed by atoms with Crippen LogP contribution in [0.25, 0.3) is 11.4 Å². The van der Waals surface area contributed by atoms with E-state index in [9.17, 15) is 0 Å². The molecule has 0 amide bonds. The van der Waals surface area contributed by atoms with Crippen molar-refractivity contribution in [2.45, 2.75) is 19.5 Å². The van der Waals surface area contributed by atoms with E-state index >= 15 is 0 Å². The number of rotatable bonds is 3. The molecule has 1 aromatic carbocycles. The molecule has 3 aromatic rings. The lowest BCUT2D eigenvalue weighted by molar-refractivity contribution is 0.243. The summed E-state index contributed by atoms with van der Waals surface area (Å²) in [5.74, 6) is 0.787. The summed E-state index contributed by atoms with van der Waals surface area (Å²) in [5.41, 5.74) is 11.3. The van der Waals surface area contributed by atoms with Gasteiger partial charge < -0.3 is 5.73 Å². The molecule has 3 heterocycles. The van der Waals surface area contributed by atoms with Crippen molar-refractivity contribution in [2.75, 3.05) is 12.3 Å². The smallest absolute Gasteiger partial charge is 0.159 e. The Hall–Kier alpha value is -2.24. The predicted octanol–water partition coefficient (Wildman–Crippen LogP) is 3.35. The molecule has 0 spiro atoms. The van der Waals surface area contributed by atoms with Gasteiger partial charge in [-0.2, -0.15) is 11.3 Å². The van der Waals surface area contributed by atoms with Crippen LogP contribution >= 0.6 is 11.3 Å². The first kappa shape index (κ1) is 14.4. The van der Waals surface area contributed by atoms with Gasteiger partial charge in [-0.3, -0.25) is 4.90 Å². The molecule has 4 rings (SSSR count). The van der Waals surface area contributed by atoms with Crippen LogP contribution in [-0.4, -0.2) is 21.4 Å². The predicted molar refractivity (Wildman–Crippen MR) is 94.0 cm³/mol. The van der Waals surface area contributed by atoms with Crippen LogP contribution in [0.5, 0.6) is 0 Å². The number of hydrogen-bond donors (Lipinski definition) is 1. The van der Waals surface area contributed by atoms with Crippen molar-refractivity contribution in [3.8, 4) is 11.4 Å². The third-order valence-corrected chi connectivity index (χ3v) is 4.90. The summed E-state index contributed by atoms with van der Waals surface area (Å²) in [6.07, 6.45) is 2.96. The maximum absolute atomic E-state index is 5.74. The Labute approximate surface area is 139 Å². The highest BCUT2D eigenvalue weighted by atomic mass is 32.1. The molecule has 0 unspecified atom stereocenters. The van der Waals surface area contributed by atoms with E-state index in [0.29, 0.717) is 0 Å². The standard InChI is InChI=1S/C18H18N4S/c19-16-3-1-14(2-4-16)18-20-9-15-11-22(7-5-17(15)21-18)10-13-6-8-23-12-13/h1-4,6,8-9,12H,5,7,10-11,19H2. The minimum absolute atomic E-state index is 0.760. The molecule has 0 fully saturated rings. The molecule has 5 heteroatoms. The van der Waals surface area contributed by atoms with Crippen LogP contribution in [0, 0.1) is 0 Å². The Balaban J connectivity index is 1.53. The summed E-state index contributed by atoms with van der Waals surface area (Å²) < 4.78 is 0. The van der Waals surface area contributed by atoms with Crippen molar-refractivity contribution >= 4 is 17.0 Å². The molecule has 2 aromatic heterocycles. The SMILES string of the molecule is Nc1ccc(-c2ncc3c(n2)CCN(Cc2ccsc2)C3)cc1. The zero-order valence-electron chi connectivity index (χ0n) is 12.8. The van der Waals surface area contributed by atoms with Gasteiger partial charge in [0.2, 0.25) is 0 Å². The van der Waals surface area contributed by atoms with Crippen LogP contribution < -0.4 is 5.73 Å². The molecule has 2 N–H and O–H groups in total. The van der Waals surface area contributed by atoms with E-state index in [2.05, 4.69) is 26.7 Å². The van der Waals surface area contributed by atoms with Crippen LogP contribution in [0.2, 0.25) is 0 Å². The van der Waals surface area contributed by atoms with E-state index in [-0.39, 0.29) is 0 Å². The van der Waals surface area contributed by atoms with Gasteiger partial charge in [-0.25, -0.2) is 9.97 Å². The van der Waals surface area contributed by atoms with Crippen molar-refractivity contribution in [3.05, 3.63) is 64.1 Å². The van der Waals surface area contributed by atoms with Gasteiger partial charge in [-0.1, -0.05) is 0 Å². The van der Waals surface area contributed by atoms with Gasteiger partial charge in [-0.05, 0) is 46.7 Å². The Morgan fingerprint density at radius 2 is 2.04 bits per heavy atom. The van der Waals surface area contributed by atoms with Crippen LogP contribution in [0.4, 0.5) is 5.69 Å². The van der Waals surface area contributed by atoms with Gasteiger partial charge in [0.15, 0.2) is 5.82 Å². The van der Waals surface area contributed by atoms with E-state index in [1.165, 1.54) is 16.8 Å². The van der Waals surface area contributed by atoms with Crippen molar-refractivity contribution < 1.29 is 0 Å². The molecule has 1 aliphatic heterocycles. The second-order valence-corrected chi connectivity index (χ2v) is 6.66. The first-order chi connectivity index (χ1) is 11.3. The minimum Gasteiger partial charge on any atom is -0.399 e. The molecular weight excluding hydrogens is 304 g/mol. The van der Waals surface area contributed by atoms with Crippen molar-refractivity contribution in [1.29, 1.82) is 0 Å². The molecule has 4 nitrogen and oxygen atoms in total. The number of aromatic nitrogens is 2. The molecule has 23 heavy (non-hydrogen) atoms. The van der Waals surface area contributed by atoms with Gasteiger partial charge in [0.05, 0.1) is 5.69 Å². The second kappa shape index (κ2) is 6.10. The lowest BCUT2D eigenvalue weighted by atomic mass is 10.1. The second-order valence-electron chi connectivity index (χ2n) is 5.88. The molecule has 0 aliphatic carbocycles. The number of anilines is 1. The maximum atomic E-state index is 5.74. The molecule has 0 bridgehead atoms. The molecule has 1 aliphatic rings. The van der Waals surface area contributed by atoms with E-state index in [1.54, 1.807) is 11.3 Å². The van der Waals surface area contributed by atoms with E-state index < -0.39 is 0 Å². The summed E-state index contributed by atoms with van der Waals surface area (Å²) in [4.78, 5) is 11.8. The first-order valence-electron chi connectivity index (χ1n) is 7.72. The number of nitrogen functional groups attached to an aromatic ring is 1. The highest BCUT2D eigenvalue weighted by Gasteiger charge is 2.19. The van der Waals surface area contributed by atoms with Gasteiger partial charge in [0, 0.05) is 49.1 Å². The molecular formula is C18H18N4S. The number of nitrogens with two attached hydrogens (primary N) is 1. The number of nitrogens with zero attached hydrogens (tertiary/aromatic N) is 3. The number of benzene rings is 1. The fourth-order valence-electron chi connectivity index (χ4n) is 2.92. The number of fused-ring (bicyclic) bond motifs is 1. The van der Waals surface area contributed by atoms with Gasteiger partial charge >= 0.3 is 0 Å². The third-order valence-electron chi connectivity index (χ3n) is 4.17. The number of hydrogen-bond acceptors (Lipinski definition) is 5. The van der Waals surface area contributed by atoms with Crippen molar-refractivity contribution in [1.82, 2.24) is 14.9 Å². The minimum atomic E-state index is 0.760. The lowest BCUT2D eigenvalue weighted by Gasteiger charge is -2.27.